The standard InChI is InChI=1S/C16H26N2O/c1-2-15-14-18(11-6-10-17-15)12-7-13-19-16-8-4-3-5-9-16/h3-5,8-9,15,17H,2,6-7,10-14H2,1H3. The maximum atomic E-state index is 5.74. The van der Waals surface area contributed by atoms with Gasteiger partial charge in [0, 0.05) is 19.1 Å². The molecule has 1 fully saturated rings. The summed E-state index contributed by atoms with van der Waals surface area (Å²) in [6, 6.07) is 10.7. The second-order valence-corrected chi connectivity index (χ2v) is 5.23. The molecule has 19 heavy (non-hydrogen) atoms. The van der Waals surface area contributed by atoms with E-state index in [4.69, 9.17) is 4.74 Å². The highest BCUT2D eigenvalue weighted by Crippen LogP contribution is 2.09. The highest BCUT2D eigenvalue weighted by molar-refractivity contribution is 5.20. The maximum absolute atomic E-state index is 5.74. The quantitative estimate of drug-likeness (QED) is 0.797. The van der Waals surface area contributed by atoms with Crippen LogP contribution in [0.4, 0.5) is 0 Å². The summed E-state index contributed by atoms with van der Waals surface area (Å²) in [5, 5.41) is 3.60. The number of hydrogen-bond acceptors (Lipinski definition) is 3. The molecule has 0 saturated carbocycles. The molecule has 3 nitrogen and oxygen atoms in total. The van der Waals surface area contributed by atoms with Crippen LogP contribution in [-0.2, 0) is 0 Å². The number of nitrogens with one attached hydrogen (secondary N) is 1. The van der Waals surface area contributed by atoms with Crippen molar-refractivity contribution >= 4 is 0 Å². The van der Waals surface area contributed by atoms with Crippen LogP contribution in [0.15, 0.2) is 30.3 Å². The van der Waals surface area contributed by atoms with Gasteiger partial charge in [-0.3, -0.25) is 0 Å². The first-order valence-corrected chi connectivity index (χ1v) is 7.52. The van der Waals surface area contributed by atoms with Gasteiger partial charge in [-0.2, -0.15) is 0 Å². The molecule has 0 bridgehead atoms. The maximum Gasteiger partial charge on any atom is 0.119 e. The van der Waals surface area contributed by atoms with Crippen LogP contribution in [0.1, 0.15) is 26.2 Å². The average Bonchev–Trinajstić information content (AvgIpc) is 2.70. The molecular weight excluding hydrogens is 236 g/mol. The van der Waals surface area contributed by atoms with E-state index in [1.807, 2.05) is 30.3 Å². The minimum atomic E-state index is 0.664. The van der Waals surface area contributed by atoms with Gasteiger partial charge in [0.15, 0.2) is 0 Å². The molecule has 0 radical (unpaired) electrons. The van der Waals surface area contributed by atoms with Crippen LogP contribution in [0, 0.1) is 0 Å². The summed E-state index contributed by atoms with van der Waals surface area (Å²) >= 11 is 0. The fraction of sp³-hybridized carbons (Fsp3) is 0.625. The predicted molar refractivity (Wildman–Crippen MR) is 79.7 cm³/mol. The summed E-state index contributed by atoms with van der Waals surface area (Å²) in [5.41, 5.74) is 0. The molecule has 3 heteroatoms. The highest BCUT2D eigenvalue weighted by Gasteiger charge is 2.15. The van der Waals surface area contributed by atoms with E-state index in [1.165, 1.54) is 25.9 Å². The number of nitrogens with zero attached hydrogens (tertiary/aromatic N) is 1. The fourth-order valence-corrected chi connectivity index (χ4v) is 2.55. The molecule has 0 amide bonds. The average molecular weight is 262 g/mol. The normalized spacial score (nSPS) is 21.0. The van der Waals surface area contributed by atoms with Gasteiger partial charge in [0.25, 0.3) is 0 Å². The van der Waals surface area contributed by atoms with Gasteiger partial charge >= 0.3 is 0 Å². The molecule has 0 spiro atoms. The minimum absolute atomic E-state index is 0.664. The van der Waals surface area contributed by atoms with Gasteiger partial charge in [-0.1, -0.05) is 25.1 Å². The molecule has 1 saturated heterocycles. The van der Waals surface area contributed by atoms with E-state index in [0.29, 0.717) is 6.04 Å². The Morgan fingerprint density at radius 2 is 2.16 bits per heavy atom. The van der Waals surface area contributed by atoms with Crippen molar-refractivity contribution in [2.75, 3.05) is 32.8 Å². The molecule has 1 N–H and O–H groups in total. The van der Waals surface area contributed by atoms with Gasteiger partial charge in [-0.15, -0.1) is 0 Å². The number of hydrogen-bond donors (Lipinski definition) is 1. The van der Waals surface area contributed by atoms with Gasteiger partial charge in [-0.25, -0.2) is 0 Å². The predicted octanol–water partition coefficient (Wildman–Crippen LogP) is 2.53. The number of ether oxygens (including phenoxy) is 1. The molecule has 1 unspecified atom stereocenters. The first-order chi connectivity index (χ1) is 9.38. The summed E-state index contributed by atoms with van der Waals surface area (Å²) < 4.78 is 5.74. The summed E-state index contributed by atoms with van der Waals surface area (Å²) in [6.45, 7) is 7.78. The molecule has 0 aliphatic carbocycles. The second kappa shape index (κ2) is 8.18. The Balaban J connectivity index is 1.64. The Morgan fingerprint density at radius 1 is 1.32 bits per heavy atom. The Kier molecular flexibility index (Phi) is 6.18. The summed E-state index contributed by atoms with van der Waals surface area (Å²) in [5.74, 6) is 0.978. The monoisotopic (exact) mass is 262 g/mol. The Bertz CT molecular complexity index is 342. The third-order valence-electron chi connectivity index (χ3n) is 3.69. The second-order valence-electron chi connectivity index (χ2n) is 5.23. The highest BCUT2D eigenvalue weighted by atomic mass is 16.5. The summed E-state index contributed by atoms with van der Waals surface area (Å²) in [4.78, 5) is 2.57. The minimum Gasteiger partial charge on any atom is -0.494 e. The van der Waals surface area contributed by atoms with Crippen molar-refractivity contribution in [3.63, 3.8) is 0 Å². The topological polar surface area (TPSA) is 24.5 Å². The van der Waals surface area contributed by atoms with E-state index < -0.39 is 0 Å². The molecule has 1 heterocycles. The molecule has 1 aromatic carbocycles. The number of rotatable bonds is 6. The van der Waals surface area contributed by atoms with Crippen molar-refractivity contribution < 1.29 is 4.74 Å². The number of benzene rings is 1. The first-order valence-electron chi connectivity index (χ1n) is 7.52. The van der Waals surface area contributed by atoms with Crippen molar-refractivity contribution in [1.82, 2.24) is 10.2 Å². The van der Waals surface area contributed by atoms with Crippen LogP contribution < -0.4 is 10.1 Å². The van der Waals surface area contributed by atoms with E-state index in [2.05, 4.69) is 17.1 Å². The van der Waals surface area contributed by atoms with Gasteiger partial charge in [0.05, 0.1) is 6.61 Å². The Hall–Kier alpha value is -1.06. The number of para-hydroxylation sites is 1. The Labute approximate surface area is 116 Å². The zero-order chi connectivity index (χ0) is 13.3. The van der Waals surface area contributed by atoms with Crippen LogP contribution in [0.5, 0.6) is 5.75 Å². The smallest absolute Gasteiger partial charge is 0.119 e. The SMILES string of the molecule is CCC1CN(CCCOc2ccccc2)CCCN1. The summed E-state index contributed by atoms with van der Waals surface area (Å²) in [7, 11) is 0. The van der Waals surface area contributed by atoms with Crippen LogP contribution in [-0.4, -0.2) is 43.7 Å². The molecule has 1 aliphatic rings. The van der Waals surface area contributed by atoms with Crippen molar-refractivity contribution in [3.8, 4) is 5.75 Å². The van der Waals surface area contributed by atoms with Crippen LogP contribution >= 0.6 is 0 Å². The van der Waals surface area contributed by atoms with E-state index >= 15 is 0 Å². The molecule has 1 aliphatic heterocycles. The molecule has 106 valence electrons. The van der Waals surface area contributed by atoms with E-state index in [-0.39, 0.29) is 0 Å². The van der Waals surface area contributed by atoms with Crippen LogP contribution in [0.2, 0.25) is 0 Å². The third-order valence-corrected chi connectivity index (χ3v) is 3.69. The van der Waals surface area contributed by atoms with Gasteiger partial charge < -0.3 is 15.0 Å². The molecule has 0 aromatic heterocycles. The van der Waals surface area contributed by atoms with Gasteiger partial charge in [0.1, 0.15) is 5.75 Å². The lowest BCUT2D eigenvalue weighted by atomic mass is 10.2. The molecular formula is C16H26N2O. The molecule has 2 rings (SSSR count). The van der Waals surface area contributed by atoms with E-state index in [1.54, 1.807) is 0 Å². The first kappa shape index (κ1) is 14.4. The Morgan fingerprint density at radius 3 is 2.95 bits per heavy atom. The van der Waals surface area contributed by atoms with Crippen LogP contribution in [0.25, 0.3) is 0 Å². The van der Waals surface area contributed by atoms with Crippen molar-refractivity contribution in [1.29, 1.82) is 0 Å². The lowest BCUT2D eigenvalue weighted by molar-refractivity contribution is 0.229. The molecule has 1 atom stereocenters. The van der Waals surface area contributed by atoms with Crippen LogP contribution in [0.3, 0.4) is 0 Å². The van der Waals surface area contributed by atoms with Gasteiger partial charge in [0.2, 0.25) is 0 Å². The van der Waals surface area contributed by atoms with E-state index in [0.717, 1.165) is 31.9 Å². The zero-order valence-corrected chi connectivity index (χ0v) is 12.0. The molecule has 1 aromatic rings. The van der Waals surface area contributed by atoms with Crippen molar-refractivity contribution in [2.45, 2.75) is 32.2 Å². The lowest BCUT2D eigenvalue weighted by Gasteiger charge is -2.23. The largest absolute Gasteiger partial charge is 0.494 e. The van der Waals surface area contributed by atoms with Gasteiger partial charge in [-0.05, 0) is 44.5 Å². The zero-order valence-electron chi connectivity index (χ0n) is 12.0. The fourth-order valence-electron chi connectivity index (χ4n) is 2.55. The third kappa shape index (κ3) is 5.21. The lowest BCUT2D eigenvalue weighted by Crippen LogP contribution is -2.37. The van der Waals surface area contributed by atoms with E-state index in [9.17, 15) is 0 Å². The summed E-state index contributed by atoms with van der Waals surface area (Å²) in [6.07, 6.45) is 3.58. The van der Waals surface area contributed by atoms with Crippen molar-refractivity contribution in [2.24, 2.45) is 0 Å². The van der Waals surface area contributed by atoms with Crippen molar-refractivity contribution in [3.05, 3.63) is 30.3 Å².